The maximum absolute atomic E-state index is 13.1. The summed E-state index contributed by atoms with van der Waals surface area (Å²) in [6, 6.07) is 3.81. The number of anilines is 1. The van der Waals surface area contributed by atoms with Gasteiger partial charge < -0.3 is 10.1 Å². The van der Waals surface area contributed by atoms with E-state index in [0.29, 0.717) is 5.69 Å². The van der Waals surface area contributed by atoms with E-state index >= 15 is 0 Å². The van der Waals surface area contributed by atoms with Crippen LogP contribution in [0, 0.1) is 11.7 Å². The average Bonchev–Trinajstić information content (AvgIpc) is 2.28. The Morgan fingerprint density at radius 3 is 2.67 bits per heavy atom. The Morgan fingerprint density at radius 2 is 2.11 bits per heavy atom. The van der Waals surface area contributed by atoms with Crippen molar-refractivity contribution in [1.82, 2.24) is 0 Å². The monoisotopic (exact) mass is 259 g/mol. The number of ether oxygens (including phenoxy) is 1. The summed E-state index contributed by atoms with van der Waals surface area (Å²) in [6.07, 6.45) is -0.867. The molecule has 1 aliphatic carbocycles. The van der Waals surface area contributed by atoms with E-state index in [4.69, 9.17) is 4.74 Å². The molecule has 0 saturated heterocycles. The van der Waals surface area contributed by atoms with E-state index in [1.807, 2.05) is 0 Å². The number of carbonyl (C=O) groups is 1. The molecule has 18 heavy (non-hydrogen) atoms. The van der Waals surface area contributed by atoms with E-state index in [9.17, 15) is 18.0 Å². The van der Waals surface area contributed by atoms with Crippen LogP contribution in [0.2, 0.25) is 0 Å². The molecule has 0 heterocycles. The van der Waals surface area contributed by atoms with E-state index in [2.05, 4.69) is 5.32 Å². The molecule has 2 rings (SSSR count). The van der Waals surface area contributed by atoms with Crippen molar-refractivity contribution in [3.8, 4) is 5.75 Å². The minimum absolute atomic E-state index is 0.00765. The van der Waals surface area contributed by atoms with Gasteiger partial charge in [0.15, 0.2) is 11.6 Å². The molecule has 1 amide bonds. The van der Waals surface area contributed by atoms with Gasteiger partial charge in [-0.3, -0.25) is 4.79 Å². The predicted molar refractivity (Wildman–Crippen MR) is 59.3 cm³/mol. The summed E-state index contributed by atoms with van der Waals surface area (Å²) in [5.74, 6) is -4.45. The summed E-state index contributed by atoms with van der Waals surface area (Å²) in [7, 11) is 1.30. The standard InChI is InChI=1S/C12H12F3NO2/c1-18-10-4-8(2-3-9(10)13)16-11(17)7-5-12(14,15)6-7/h2-4,7H,5-6H2,1H3,(H,16,17). The van der Waals surface area contributed by atoms with Crippen LogP contribution in [0.1, 0.15) is 12.8 Å². The number of methoxy groups -OCH3 is 1. The molecule has 0 aliphatic heterocycles. The van der Waals surface area contributed by atoms with Gasteiger partial charge in [-0.1, -0.05) is 0 Å². The normalized spacial score (nSPS) is 18.0. The molecular weight excluding hydrogens is 247 g/mol. The fraction of sp³-hybridized carbons (Fsp3) is 0.417. The number of amides is 1. The van der Waals surface area contributed by atoms with E-state index in [-0.39, 0.29) is 5.75 Å². The largest absolute Gasteiger partial charge is 0.494 e. The van der Waals surface area contributed by atoms with E-state index < -0.39 is 36.4 Å². The average molecular weight is 259 g/mol. The Morgan fingerprint density at radius 1 is 1.44 bits per heavy atom. The molecule has 0 spiro atoms. The molecule has 1 N–H and O–H groups in total. The summed E-state index contributed by atoms with van der Waals surface area (Å²) in [5, 5.41) is 2.46. The summed E-state index contributed by atoms with van der Waals surface area (Å²) in [5.41, 5.74) is 0.327. The van der Waals surface area contributed by atoms with Crippen LogP contribution >= 0.6 is 0 Å². The van der Waals surface area contributed by atoms with Crippen molar-refractivity contribution in [2.45, 2.75) is 18.8 Å². The van der Waals surface area contributed by atoms with Gasteiger partial charge in [0.05, 0.1) is 7.11 Å². The second kappa shape index (κ2) is 4.51. The fourth-order valence-corrected chi connectivity index (χ4v) is 1.83. The first-order chi connectivity index (χ1) is 8.41. The molecule has 1 saturated carbocycles. The Balaban J connectivity index is 2.00. The van der Waals surface area contributed by atoms with Gasteiger partial charge in [0.25, 0.3) is 0 Å². The fourth-order valence-electron chi connectivity index (χ4n) is 1.83. The van der Waals surface area contributed by atoms with E-state index in [1.165, 1.54) is 19.2 Å². The number of nitrogens with one attached hydrogen (secondary N) is 1. The molecule has 0 unspecified atom stereocenters. The van der Waals surface area contributed by atoms with Crippen molar-refractivity contribution in [1.29, 1.82) is 0 Å². The van der Waals surface area contributed by atoms with Gasteiger partial charge in [0, 0.05) is 30.5 Å². The number of hydrogen-bond donors (Lipinski definition) is 1. The van der Waals surface area contributed by atoms with Crippen LogP contribution in [0.3, 0.4) is 0 Å². The van der Waals surface area contributed by atoms with Gasteiger partial charge in [-0.25, -0.2) is 13.2 Å². The van der Waals surface area contributed by atoms with E-state index in [1.54, 1.807) is 0 Å². The predicted octanol–water partition coefficient (Wildman–Crippen LogP) is 2.82. The lowest BCUT2D eigenvalue weighted by Gasteiger charge is -2.33. The lowest BCUT2D eigenvalue weighted by molar-refractivity contribution is -0.145. The molecule has 0 atom stereocenters. The van der Waals surface area contributed by atoms with Gasteiger partial charge in [-0.15, -0.1) is 0 Å². The molecule has 6 heteroatoms. The second-order valence-corrected chi connectivity index (χ2v) is 4.30. The number of benzene rings is 1. The first kappa shape index (κ1) is 12.7. The highest BCUT2D eigenvalue weighted by Gasteiger charge is 2.48. The number of rotatable bonds is 3. The first-order valence-electron chi connectivity index (χ1n) is 5.43. The van der Waals surface area contributed by atoms with Gasteiger partial charge in [-0.05, 0) is 12.1 Å². The van der Waals surface area contributed by atoms with Crippen LogP contribution in [0.4, 0.5) is 18.9 Å². The molecule has 0 aromatic heterocycles. The zero-order valence-electron chi connectivity index (χ0n) is 9.67. The molecule has 1 aliphatic rings. The van der Waals surface area contributed by atoms with Crippen LogP contribution in [0.5, 0.6) is 5.75 Å². The Hall–Kier alpha value is -1.72. The molecule has 1 fully saturated rings. The van der Waals surface area contributed by atoms with Crippen molar-refractivity contribution in [3.05, 3.63) is 24.0 Å². The van der Waals surface area contributed by atoms with Crippen LogP contribution in [0.25, 0.3) is 0 Å². The summed E-state index contributed by atoms with van der Waals surface area (Å²) >= 11 is 0. The zero-order chi connectivity index (χ0) is 13.3. The number of alkyl halides is 2. The van der Waals surface area contributed by atoms with Crippen LogP contribution in [-0.4, -0.2) is 18.9 Å². The lowest BCUT2D eigenvalue weighted by Crippen LogP contribution is -2.42. The summed E-state index contributed by atoms with van der Waals surface area (Å²) in [6.45, 7) is 0. The molecular formula is C12H12F3NO2. The first-order valence-corrected chi connectivity index (χ1v) is 5.43. The second-order valence-electron chi connectivity index (χ2n) is 4.30. The molecule has 1 aromatic rings. The van der Waals surface area contributed by atoms with Crippen molar-refractivity contribution >= 4 is 11.6 Å². The van der Waals surface area contributed by atoms with Crippen molar-refractivity contribution in [2.75, 3.05) is 12.4 Å². The lowest BCUT2D eigenvalue weighted by atomic mass is 9.81. The highest BCUT2D eigenvalue weighted by molar-refractivity contribution is 5.93. The summed E-state index contributed by atoms with van der Waals surface area (Å²) < 4.78 is 43.1. The Kier molecular flexibility index (Phi) is 3.19. The summed E-state index contributed by atoms with van der Waals surface area (Å²) in [4.78, 5) is 11.6. The number of halogens is 3. The molecule has 0 radical (unpaired) electrons. The van der Waals surface area contributed by atoms with Crippen LogP contribution in [0.15, 0.2) is 18.2 Å². The van der Waals surface area contributed by atoms with Gasteiger partial charge in [0.1, 0.15) is 0 Å². The quantitative estimate of drug-likeness (QED) is 0.906. The van der Waals surface area contributed by atoms with Gasteiger partial charge >= 0.3 is 0 Å². The maximum Gasteiger partial charge on any atom is 0.249 e. The third kappa shape index (κ3) is 2.57. The molecule has 0 bridgehead atoms. The smallest absolute Gasteiger partial charge is 0.249 e. The van der Waals surface area contributed by atoms with E-state index in [0.717, 1.165) is 6.07 Å². The topological polar surface area (TPSA) is 38.3 Å². The van der Waals surface area contributed by atoms with Crippen LogP contribution < -0.4 is 10.1 Å². The third-order valence-corrected chi connectivity index (χ3v) is 2.88. The number of carbonyl (C=O) groups excluding carboxylic acids is 1. The molecule has 3 nitrogen and oxygen atoms in total. The zero-order valence-corrected chi connectivity index (χ0v) is 9.67. The van der Waals surface area contributed by atoms with Crippen molar-refractivity contribution < 1.29 is 22.7 Å². The maximum atomic E-state index is 13.1. The highest BCUT2D eigenvalue weighted by atomic mass is 19.3. The third-order valence-electron chi connectivity index (χ3n) is 2.88. The van der Waals surface area contributed by atoms with Crippen LogP contribution in [-0.2, 0) is 4.79 Å². The van der Waals surface area contributed by atoms with Gasteiger partial charge in [-0.2, -0.15) is 0 Å². The van der Waals surface area contributed by atoms with Gasteiger partial charge in [0.2, 0.25) is 11.8 Å². The van der Waals surface area contributed by atoms with Crippen molar-refractivity contribution in [2.24, 2.45) is 5.92 Å². The molecule has 1 aromatic carbocycles. The molecule has 98 valence electrons. The Bertz CT molecular complexity index is 468. The Labute approximate surface area is 102 Å². The SMILES string of the molecule is COc1cc(NC(=O)C2CC(F)(F)C2)ccc1F. The minimum atomic E-state index is -2.73. The number of hydrogen-bond acceptors (Lipinski definition) is 2. The minimum Gasteiger partial charge on any atom is -0.494 e. The van der Waals surface area contributed by atoms with Crippen molar-refractivity contribution in [3.63, 3.8) is 0 Å². The highest BCUT2D eigenvalue weighted by Crippen LogP contribution is 2.42.